The van der Waals surface area contributed by atoms with E-state index in [1.807, 2.05) is 11.5 Å². The lowest BCUT2D eigenvalue weighted by atomic mass is 10.2. The van der Waals surface area contributed by atoms with Crippen molar-refractivity contribution in [1.82, 2.24) is 19.1 Å². The maximum absolute atomic E-state index is 13.1. The van der Waals surface area contributed by atoms with Crippen molar-refractivity contribution in [2.45, 2.75) is 49.2 Å². The number of nitrogens with zero attached hydrogens (tertiary/aromatic N) is 4. The number of aromatic nitrogens is 3. The van der Waals surface area contributed by atoms with Gasteiger partial charge >= 0.3 is 0 Å². The largest absolute Gasteiger partial charge is 0.495 e. The molecular formula is C19H27N5O4S2. The zero-order chi connectivity index (χ0) is 21.6. The van der Waals surface area contributed by atoms with E-state index in [0.29, 0.717) is 36.2 Å². The van der Waals surface area contributed by atoms with Crippen LogP contribution in [0.3, 0.4) is 0 Å². The summed E-state index contributed by atoms with van der Waals surface area (Å²) in [5, 5.41) is 11.2. The Kier molecular flexibility index (Phi) is 7.73. The molecule has 0 unspecified atom stereocenters. The van der Waals surface area contributed by atoms with Gasteiger partial charge in [0.15, 0.2) is 5.16 Å². The molecule has 1 aromatic heterocycles. The van der Waals surface area contributed by atoms with E-state index in [2.05, 4.69) is 15.5 Å². The first-order chi connectivity index (χ1) is 14.5. The molecule has 1 amide bonds. The number of hydrogen-bond acceptors (Lipinski definition) is 7. The Morgan fingerprint density at radius 1 is 1.23 bits per heavy atom. The van der Waals surface area contributed by atoms with Crippen LogP contribution in [0.2, 0.25) is 0 Å². The zero-order valence-electron chi connectivity index (χ0n) is 17.2. The average molecular weight is 454 g/mol. The lowest BCUT2D eigenvalue weighted by Crippen LogP contribution is -2.32. The van der Waals surface area contributed by atoms with Gasteiger partial charge in [0.1, 0.15) is 12.1 Å². The molecule has 1 saturated heterocycles. The minimum atomic E-state index is -3.63. The fraction of sp³-hybridized carbons (Fsp3) is 0.526. The molecule has 30 heavy (non-hydrogen) atoms. The Morgan fingerprint density at radius 3 is 2.63 bits per heavy atom. The van der Waals surface area contributed by atoms with Gasteiger partial charge in [0.25, 0.3) is 0 Å². The topological polar surface area (TPSA) is 106 Å². The number of aryl methyl sites for hydroxylation is 1. The van der Waals surface area contributed by atoms with E-state index in [1.165, 1.54) is 35.3 Å². The molecule has 2 aromatic rings. The number of carbonyl (C=O) groups excluding carboxylic acids is 1. The van der Waals surface area contributed by atoms with Crippen molar-refractivity contribution in [2.24, 2.45) is 0 Å². The lowest BCUT2D eigenvalue weighted by molar-refractivity contribution is -0.113. The van der Waals surface area contributed by atoms with E-state index in [4.69, 9.17) is 4.74 Å². The van der Waals surface area contributed by atoms with Gasteiger partial charge in [0.05, 0.1) is 23.4 Å². The molecule has 0 atom stereocenters. The second-order valence-electron chi connectivity index (χ2n) is 6.92. The highest BCUT2D eigenvalue weighted by molar-refractivity contribution is 7.99. The van der Waals surface area contributed by atoms with Crippen molar-refractivity contribution in [3.05, 3.63) is 24.5 Å². The Hall–Kier alpha value is -2.11. The second kappa shape index (κ2) is 10.3. The van der Waals surface area contributed by atoms with Crippen molar-refractivity contribution in [2.75, 3.05) is 31.3 Å². The van der Waals surface area contributed by atoms with Crippen molar-refractivity contribution in [3.8, 4) is 5.75 Å². The number of anilines is 1. The number of carbonyl (C=O) groups is 1. The first kappa shape index (κ1) is 22.6. The van der Waals surface area contributed by atoms with Gasteiger partial charge in [0.2, 0.25) is 15.9 Å². The number of nitrogens with one attached hydrogen (secondary N) is 1. The molecule has 11 heteroatoms. The Balaban J connectivity index is 1.74. The molecule has 1 aliphatic rings. The smallest absolute Gasteiger partial charge is 0.243 e. The predicted octanol–water partition coefficient (Wildman–Crippen LogP) is 2.60. The standard InChI is InChI=1S/C19H27N5O4S2/c1-3-23-14-20-22-19(23)29-13-18(25)21-16-12-15(8-9-17(16)28-2)30(26,27)24-10-6-4-5-7-11-24/h8-9,12,14H,3-7,10-11,13H2,1-2H3,(H,21,25). The van der Waals surface area contributed by atoms with Crippen LogP contribution in [0.4, 0.5) is 5.69 Å². The van der Waals surface area contributed by atoms with Crippen LogP contribution in [-0.4, -0.2) is 59.3 Å². The SMILES string of the molecule is CCn1cnnc1SCC(=O)Nc1cc(S(=O)(=O)N2CCCCCC2)ccc1OC. The van der Waals surface area contributed by atoms with Crippen LogP contribution in [0.5, 0.6) is 5.75 Å². The van der Waals surface area contributed by atoms with Crippen LogP contribution in [0, 0.1) is 0 Å². The summed E-state index contributed by atoms with van der Waals surface area (Å²) >= 11 is 1.26. The van der Waals surface area contributed by atoms with Gasteiger partial charge in [-0.05, 0) is 38.0 Å². The van der Waals surface area contributed by atoms with Crippen molar-refractivity contribution in [3.63, 3.8) is 0 Å². The number of rotatable bonds is 8. The van der Waals surface area contributed by atoms with Crippen LogP contribution in [-0.2, 0) is 21.4 Å². The quantitative estimate of drug-likeness (QED) is 0.612. The average Bonchev–Trinajstić information content (AvgIpc) is 3.02. The first-order valence-corrected chi connectivity index (χ1v) is 12.4. The summed E-state index contributed by atoms with van der Waals surface area (Å²) in [6.45, 7) is 3.71. The fourth-order valence-corrected chi connectivity index (χ4v) is 5.59. The predicted molar refractivity (Wildman–Crippen MR) is 115 cm³/mol. The number of benzene rings is 1. The third-order valence-corrected chi connectivity index (χ3v) is 7.78. The number of thioether (sulfide) groups is 1. The van der Waals surface area contributed by atoms with Crippen LogP contribution in [0.1, 0.15) is 32.6 Å². The normalized spacial score (nSPS) is 15.5. The van der Waals surface area contributed by atoms with Crippen LogP contribution in [0.25, 0.3) is 0 Å². The highest BCUT2D eigenvalue weighted by atomic mass is 32.2. The molecule has 3 rings (SSSR count). The van der Waals surface area contributed by atoms with Crippen LogP contribution in [0.15, 0.2) is 34.6 Å². The molecule has 2 heterocycles. The minimum Gasteiger partial charge on any atom is -0.495 e. The van der Waals surface area contributed by atoms with Gasteiger partial charge in [-0.25, -0.2) is 8.42 Å². The highest BCUT2D eigenvalue weighted by Crippen LogP contribution is 2.30. The summed E-state index contributed by atoms with van der Waals surface area (Å²) < 4.78 is 34.8. The molecule has 0 spiro atoms. The molecule has 0 bridgehead atoms. The monoisotopic (exact) mass is 453 g/mol. The second-order valence-corrected chi connectivity index (χ2v) is 9.80. The number of methoxy groups -OCH3 is 1. The third kappa shape index (κ3) is 5.32. The fourth-order valence-electron chi connectivity index (χ4n) is 3.27. The van der Waals surface area contributed by atoms with Crippen LogP contribution < -0.4 is 10.1 Å². The van der Waals surface area contributed by atoms with Gasteiger partial charge < -0.3 is 14.6 Å². The van der Waals surface area contributed by atoms with E-state index < -0.39 is 10.0 Å². The van der Waals surface area contributed by atoms with Crippen molar-refractivity contribution >= 4 is 33.4 Å². The number of hydrogen-bond donors (Lipinski definition) is 1. The molecular weight excluding hydrogens is 426 g/mol. The maximum atomic E-state index is 13.1. The van der Waals surface area contributed by atoms with E-state index in [0.717, 1.165) is 25.7 Å². The van der Waals surface area contributed by atoms with Gasteiger partial charge in [-0.3, -0.25) is 4.79 Å². The summed E-state index contributed by atoms with van der Waals surface area (Å²) in [6, 6.07) is 4.56. The van der Waals surface area contributed by atoms with Crippen molar-refractivity contribution < 1.29 is 17.9 Å². The summed E-state index contributed by atoms with van der Waals surface area (Å²) in [5.74, 6) is 0.235. The molecule has 1 fully saturated rings. The summed E-state index contributed by atoms with van der Waals surface area (Å²) in [7, 11) is -2.15. The Morgan fingerprint density at radius 2 is 1.97 bits per heavy atom. The number of ether oxygens (including phenoxy) is 1. The Bertz CT molecular complexity index is 969. The van der Waals surface area contributed by atoms with Gasteiger partial charge in [-0.15, -0.1) is 10.2 Å². The molecule has 1 aromatic carbocycles. The summed E-state index contributed by atoms with van der Waals surface area (Å²) in [4.78, 5) is 12.6. The maximum Gasteiger partial charge on any atom is 0.243 e. The first-order valence-electron chi connectivity index (χ1n) is 9.94. The van der Waals surface area contributed by atoms with Gasteiger partial charge in [0, 0.05) is 19.6 Å². The summed E-state index contributed by atoms with van der Waals surface area (Å²) in [6.07, 6.45) is 5.41. The minimum absolute atomic E-state index is 0.116. The van der Waals surface area contributed by atoms with E-state index in [1.54, 1.807) is 12.4 Å². The van der Waals surface area contributed by atoms with E-state index in [9.17, 15) is 13.2 Å². The molecule has 1 N–H and O–H groups in total. The molecule has 9 nitrogen and oxygen atoms in total. The third-order valence-electron chi connectivity index (χ3n) is 4.90. The highest BCUT2D eigenvalue weighted by Gasteiger charge is 2.26. The summed E-state index contributed by atoms with van der Waals surface area (Å²) in [5.41, 5.74) is 0.330. The van der Waals surface area contributed by atoms with Crippen molar-refractivity contribution in [1.29, 1.82) is 0 Å². The Labute approximate surface area is 181 Å². The molecule has 1 aliphatic heterocycles. The van der Waals surface area contributed by atoms with Gasteiger partial charge in [-0.1, -0.05) is 24.6 Å². The zero-order valence-corrected chi connectivity index (χ0v) is 18.8. The molecule has 0 saturated carbocycles. The van der Waals surface area contributed by atoms with Gasteiger partial charge in [-0.2, -0.15) is 4.31 Å². The van der Waals surface area contributed by atoms with Crippen LogP contribution >= 0.6 is 11.8 Å². The van der Waals surface area contributed by atoms with E-state index in [-0.39, 0.29) is 16.6 Å². The number of sulfonamides is 1. The lowest BCUT2D eigenvalue weighted by Gasteiger charge is -2.21. The molecule has 164 valence electrons. The molecule has 0 radical (unpaired) electrons. The molecule has 0 aliphatic carbocycles. The van der Waals surface area contributed by atoms with E-state index >= 15 is 0 Å². The number of amides is 1.